The van der Waals surface area contributed by atoms with E-state index in [9.17, 15) is 19.3 Å². The van der Waals surface area contributed by atoms with Crippen LogP contribution in [0.25, 0.3) is 0 Å². The summed E-state index contributed by atoms with van der Waals surface area (Å²) < 4.78 is 29.3. The van der Waals surface area contributed by atoms with E-state index in [-0.39, 0.29) is 13.2 Å². The average Bonchev–Trinajstić information content (AvgIpc) is 2.37. The molecule has 0 fully saturated rings. The second-order valence-corrected chi connectivity index (χ2v) is 9.38. The van der Waals surface area contributed by atoms with Crippen molar-refractivity contribution in [1.82, 2.24) is 9.80 Å². The van der Waals surface area contributed by atoms with Crippen molar-refractivity contribution >= 4 is 20.0 Å². The Hall–Kier alpha value is -1.35. The fourth-order valence-corrected chi connectivity index (χ4v) is 3.60. The number of carboxylic acid groups (broad SMARTS) is 2. The number of amides is 2. The van der Waals surface area contributed by atoms with Crippen LogP contribution >= 0.6 is 7.82 Å². The van der Waals surface area contributed by atoms with Gasteiger partial charge in [-0.3, -0.25) is 13.6 Å². The van der Waals surface area contributed by atoms with E-state index in [4.69, 9.17) is 18.7 Å². The monoisotopic (exact) mass is 398 g/mol. The fourth-order valence-electron chi connectivity index (χ4n) is 1.76. The summed E-state index contributed by atoms with van der Waals surface area (Å²) in [6, 6.07) is -0.908. The van der Waals surface area contributed by atoms with Gasteiger partial charge in [-0.25, -0.2) is 14.2 Å². The van der Waals surface area contributed by atoms with Crippen LogP contribution in [0.1, 0.15) is 41.5 Å². The summed E-state index contributed by atoms with van der Waals surface area (Å²) in [4.78, 5) is 24.1. The third-order valence-corrected chi connectivity index (χ3v) is 4.86. The Balaban J connectivity index is 5.40. The fraction of sp³-hybridized carbons (Fsp3) is 0.867. The Bertz CT molecular complexity index is 521. The molecular weight excluding hydrogens is 367 g/mol. The third kappa shape index (κ3) is 9.96. The summed E-state index contributed by atoms with van der Waals surface area (Å²) in [7, 11) is -1.48. The number of nitrogens with zero attached hydrogens (tertiary/aromatic N) is 2. The van der Waals surface area contributed by atoms with Gasteiger partial charge < -0.3 is 20.0 Å². The van der Waals surface area contributed by atoms with Crippen molar-refractivity contribution in [2.45, 2.75) is 58.8 Å². The van der Waals surface area contributed by atoms with Gasteiger partial charge in [-0.1, -0.05) is 0 Å². The van der Waals surface area contributed by atoms with Gasteiger partial charge in [-0.15, -0.1) is 0 Å². The number of rotatable bonds is 8. The Morgan fingerprint density at radius 1 is 0.962 bits per heavy atom. The minimum absolute atomic E-state index is 0.177. The Morgan fingerprint density at radius 3 is 1.69 bits per heavy atom. The highest BCUT2D eigenvalue weighted by Gasteiger charge is 2.38. The van der Waals surface area contributed by atoms with E-state index < -0.39 is 37.3 Å². The molecule has 154 valence electrons. The van der Waals surface area contributed by atoms with Crippen LogP contribution in [-0.4, -0.2) is 76.7 Å². The molecule has 1 atom stereocenters. The van der Waals surface area contributed by atoms with Crippen LogP contribution in [0.5, 0.6) is 0 Å². The van der Waals surface area contributed by atoms with Crippen LogP contribution in [0.4, 0.5) is 9.59 Å². The van der Waals surface area contributed by atoms with Gasteiger partial charge in [0.25, 0.3) is 0 Å². The van der Waals surface area contributed by atoms with Crippen molar-refractivity contribution in [2.75, 3.05) is 27.2 Å². The zero-order valence-corrected chi connectivity index (χ0v) is 17.6. The maximum atomic E-state index is 13.0. The van der Waals surface area contributed by atoms with Gasteiger partial charge in [-0.05, 0) is 41.5 Å². The molecule has 0 aromatic carbocycles. The molecule has 0 spiro atoms. The summed E-state index contributed by atoms with van der Waals surface area (Å²) in [5.74, 6) is 0. The van der Waals surface area contributed by atoms with Gasteiger partial charge in [0.2, 0.25) is 0 Å². The predicted octanol–water partition coefficient (Wildman–Crippen LogP) is 3.33. The highest BCUT2D eigenvalue weighted by atomic mass is 31.2. The van der Waals surface area contributed by atoms with Crippen LogP contribution in [-0.2, 0) is 18.1 Å². The first-order valence-corrected chi connectivity index (χ1v) is 9.48. The molecule has 0 bridgehead atoms. The molecule has 0 rings (SSSR count). The van der Waals surface area contributed by atoms with Crippen LogP contribution in [0, 0.1) is 0 Å². The molecule has 11 heteroatoms. The quantitative estimate of drug-likeness (QED) is 0.596. The normalized spacial score (nSPS) is 14.0. The lowest BCUT2D eigenvalue weighted by atomic mass is 10.2. The van der Waals surface area contributed by atoms with Crippen molar-refractivity contribution in [3.05, 3.63) is 0 Å². The molecule has 0 aromatic rings. The number of phosphoric ester groups is 1. The van der Waals surface area contributed by atoms with Gasteiger partial charge in [0.05, 0.1) is 23.9 Å². The van der Waals surface area contributed by atoms with Crippen LogP contribution in [0.3, 0.4) is 0 Å². The molecule has 2 amide bonds. The number of carbonyl (C=O) groups is 2. The second kappa shape index (κ2) is 9.03. The molecule has 0 radical (unpaired) electrons. The first-order chi connectivity index (χ1) is 11.5. The van der Waals surface area contributed by atoms with Crippen molar-refractivity contribution in [3.8, 4) is 0 Å². The van der Waals surface area contributed by atoms with Crippen molar-refractivity contribution < 1.29 is 37.9 Å². The lowest BCUT2D eigenvalue weighted by molar-refractivity contribution is -0.00493. The van der Waals surface area contributed by atoms with E-state index in [1.165, 1.54) is 14.1 Å². The lowest BCUT2D eigenvalue weighted by Crippen LogP contribution is -2.47. The van der Waals surface area contributed by atoms with E-state index in [1.54, 1.807) is 41.5 Å². The van der Waals surface area contributed by atoms with Crippen molar-refractivity contribution in [2.24, 2.45) is 0 Å². The second-order valence-electron chi connectivity index (χ2n) is 7.86. The lowest BCUT2D eigenvalue weighted by Gasteiger charge is -2.33. The molecule has 0 aromatic heterocycles. The maximum absolute atomic E-state index is 13.0. The Labute approximate surface area is 154 Å². The van der Waals surface area contributed by atoms with Crippen molar-refractivity contribution in [3.63, 3.8) is 0 Å². The maximum Gasteiger partial charge on any atom is 0.475 e. The van der Waals surface area contributed by atoms with E-state index in [1.807, 2.05) is 0 Å². The number of likely N-dealkylation sites (N-methyl/N-ethyl adjacent to an activating group) is 2. The largest absolute Gasteiger partial charge is 0.475 e. The van der Waals surface area contributed by atoms with Gasteiger partial charge in [0.15, 0.2) is 0 Å². The molecule has 10 nitrogen and oxygen atoms in total. The summed E-state index contributed by atoms with van der Waals surface area (Å²) in [6.45, 7) is 9.50. The molecular formula is C15H31N2O8P. The molecule has 0 saturated heterocycles. The molecule has 1 unspecified atom stereocenters. The number of hydrogen-bond donors (Lipinski definition) is 2. The smallest absolute Gasteiger partial charge is 0.465 e. The molecule has 0 saturated carbocycles. The average molecular weight is 398 g/mol. The topological polar surface area (TPSA) is 126 Å². The highest BCUT2D eigenvalue weighted by molar-refractivity contribution is 7.48. The Kier molecular flexibility index (Phi) is 8.56. The molecule has 2 N–H and O–H groups in total. The number of hydrogen-bond acceptors (Lipinski definition) is 6. The van der Waals surface area contributed by atoms with E-state index in [0.29, 0.717) is 0 Å². The standard InChI is InChI=1S/C15H31N2O8P/c1-14(2,3)24-26(22,25-15(4,5)6)23-10-11(17(8)13(20)21)9-16(7)12(18)19/h11H,9-10H2,1-8H3,(H,18,19)(H,20,21). The summed E-state index contributed by atoms with van der Waals surface area (Å²) in [5, 5.41) is 18.2. The zero-order valence-electron chi connectivity index (χ0n) is 16.7. The minimum Gasteiger partial charge on any atom is -0.465 e. The van der Waals surface area contributed by atoms with Gasteiger partial charge in [0.1, 0.15) is 0 Å². The highest BCUT2D eigenvalue weighted by Crippen LogP contribution is 2.55. The van der Waals surface area contributed by atoms with E-state index in [0.717, 1.165) is 9.80 Å². The van der Waals surface area contributed by atoms with E-state index in [2.05, 4.69) is 0 Å². The summed E-state index contributed by atoms with van der Waals surface area (Å²) in [6.07, 6.45) is -2.51. The predicted molar refractivity (Wildman–Crippen MR) is 95.5 cm³/mol. The molecule has 0 heterocycles. The zero-order chi connectivity index (χ0) is 20.9. The molecule has 0 aliphatic rings. The van der Waals surface area contributed by atoms with Crippen LogP contribution < -0.4 is 0 Å². The molecule has 0 aliphatic carbocycles. The summed E-state index contributed by atoms with van der Waals surface area (Å²) in [5.41, 5.74) is -1.68. The number of phosphoric acid groups is 1. The van der Waals surface area contributed by atoms with Crippen LogP contribution in [0.15, 0.2) is 0 Å². The van der Waals surface area contributed by atoms with Crippen molar-refractivity contribution in [1.29, 1.82) is 0 Å². The first kappa shape index (κ1) is 24.7. The Morgan fingerprint density at radius 2 is 1.38 bits per heavy atom. The molecule has 26 heavy (non-hydrogen) atoms. The summed E-state index contributed by atoms with van der Waals surface area (Å²) >= 11 is 0. The molecule has 0 aliphatic heterocycles. The van der Waals surface area contributed by atoms with Gasteiger partial charge >= 0.3 is 20.0 Å². The van der Waals surface area contributed by atoms with E-state index >= 15 is 0 Å². The minimum atomic E-state index is -4.04. The van der Waals surface area contributed by atoms with Gasteiger partial charge in [-0.2, -0.15) is 0 Å². The third-order valence-electron chi connectivity index (χ3n) is 2.86. The SMILES string of the molecule is CN(CC(COP(=O)(OC(C)(C)C)OC(C)(C)C)N(C)C(=O)O)C(=O)O. The van der Waals surface area contributed by atoms with Gasteiger partial charge in [0, 0.05) is 20.6 Å². The first-order valence-electron chi connectivity index (χ1n) is 8.02. The van der Waals surface area contributed by atoms with Crippen LogP contribution in [0.2, 0.25) is 0 Å².